The van der Waals surface area contributed by atoms with Gasteiger partial charge in [0.05, 0.1) is 6.04 Å². The topological polar surface area (TPSA) is 20.3 Å². The Bertz CT molecular complexity index is 286. The van der Waals surface area contributed by atoms with E-state index in [1.807, 2.05) is 31.7 Å². The van der Waals surface area contributed by atoms with Crippen molar-refractivity contribution in [1.29, 1.82) is 0 Å². The quantitative estimate of drug-likeness (QED) is 0.670. The minimum atomic E-state index is -0.311. The smallest absolute Gasteiger partial charge is 0.228 e. The Morgan fingerprint density at radius 2 is 2.25 bits per heavy atom. The van der Waals surface area contributed by atoms with Gasteiger partial charge in [-0.1, -0.05) is 39.0 Å². The first-order valence-electron chi connectivity index (χ1n) is 6.05. The first-order valence-corrected chi connectivity index (χ1v) is 6.05. The molecule has 0 aromatic rings. The van der Waals surface area contributed by atoms with Gasteiger partial charge in [-0.2, -0.15) is 0 Å². The number of rotatable bonds is 3. The summed E-state index contributed by atoms with van der Waals surface area (Å²) < 4.78 is 0. The second kappa shape index (κ2) is 5.33. The molecule has 0 heterocycles. The van der Waals surface area contributed by atoms with Crippen LogP contribution >= 0.6 is 0 Å². The molecule has 1 rings (SSSR count). The van der Waals surface area contributed by atoms with Crippen LogP contribution in [0.4, 0.5) is 0 Å². The molecule has 0 aliphatic heterocycles. The van der Waals surface area contributed by atoms with Crippen LogP contribution in [0.15, 0.2) is 24.8 Å². The second-order valence-corrected chi connectivity index (χ2v) is 5.42. The molecule has 2 heteroatoms. The Labute approximate surface area is 99.0 Å². The number of hydrogen-bond acceptors (Lipinski definition) is 1. The van der Waals surface area contributed by atoms with Crippen molar-refractivity contribution in [2.24, 2.45) is 5.41 Å². The normalized spacial score (nSPS) is 20.6. The van der Waals surface area contributed by atoms with E-state index in [1.54, 1.807) is 0 Å². The molecule has 2 nitrogen and oxygen atoms in total. The standard InChI is InChI=1S/C14H23NO/c1-5-11-15(13(16)14(2,3)4)12-9-7-6-8-10-12/h5,7,9,12H,1,6,8,10-11H2,2-4H3. The molecular weight excluding hydrogens is 198 g/mol. The number of carbonyl (C=O) groups is 1. The lowest BCUT2D eigenvalue weighted by molar-refractivity contribution is -0.140. The summed E-state index contributed by atoms with van der Waals surface area (Å²) in [7, 11) is 0. The van der Waals surface area contributed by atoms with Gasteiger partial charge < -0.3 is 4.90 Å². The largest absolute Gasteiger partial charge is 0.332 e. The number of hydrogen-bond donors (Lipinski definition) is 0. The van der Waals surface area contributed by atoms with Crippen molar-refractivity contribution in [2.45, 2.75) is 46.1 Å². The maximum atomic E-state index is 12.3. The lowest BCUT2D eigenvalue weighted by atomic mass is 9.92. The SMILES string of the molecule is C=CCN(C(=O)C(C)(C)C)C1C=CCCC1. The van der Waals surface area contributed by atoms with Gasteiger partial charge in [-0.15, -0.1) is 6.58 Å². The van der Waals surface area contributed by atoms with Crippen molar-refractivity contribution in [3.63, 3.8) is 0 Å². The lowest BCUT2D eigenvalue weighted by Gasteiger charge is -2.35. The number of carbonyl (C=O) groups excluding carboxylic acids is 1. The summed E-state index contributed by atoms with van der Waals surface area (Å²) in [6, 6.07) is 0.262. The van der Waals surface area contributed by atoms with Crippen LogP contribution in [-0.4, -0.2) is 23.4 Å². The van der Waals surface area contributed by atoms with E-state index in [1.165, 1.54) is 6.42 Å². The van der Waals surface area contributed by atoms with E-state index < -0.39 is 0 Å². The van der Waals surface area contributed by atoms with Crippen LogP contribution in [0.25, 0.3) is 0 Å². The Morgan fingerprint density at radius 3 is 2.69 bits per heavy atom. The molecule has 0 saturated carbocycles. The van der Waals surface area contributed by atoms with Crippen molar-refractivity contribution in [3.8, 4) is 0 Å². The van der Waals surface area contributed by atoms with Crippen molar-refractivity contribution >= 4 is 5.91 Å². The van der Waals surface area contributed by atoms with Crippen LogP contribution in [0.5, 0.6) is 0 Å². The first kappa shape index (κ1) is 13.0. The second-order valence-electron chi connectivity index (χ2n) is 5.42. The Balaban J connectivity index is 2.81. The van der Waals surface area contributed by atoms with E-state index in [-0.39, 0.29) is 17.4 Å². The number of amides is 1. The molecule has 0 radical (unpaired) electrons. The molecule has 0 aromatic carbocycles. The van der Waals surface area contributed by atoms with E-state index in [0.717, 1.165) is 12.8 Å². The molecule has 1 aliphatic carbocycles. The van der Waals surface area contributed by atoms with Gasteiger partial charge in [0.1, 0.15) is 0 Å². The van der Waals surface area contributed by atoms with Crippen molar-refractivity contribution < 1.29 is 4.79 Å². The van der Waals surface area contributed by atoms with E-state index in [4.69, 9.17) is 0 Å². The molecule has 1 amide bonds. The van der Waals surface area contributed by atoms with E-state index >= 15 is 0 Å². The molecule has 0 fully saturated rings. The molecule has 0 N–H and O–H groups in total. The Kier molecular flexibility index (Phi) is 4.34. The zero-order chi connectivity index (χ0) is 12.2. The maximum absolute atomic E-state index is 12.3. The van der Waals surface area contributed by atoms with E-state index in [2.05, 4.69) is 18.7 Å². The molecule has 16 heavy (non-hydrogen) atoms. The highest BCUT2D eigenvalue weighted by molar-refractivity contribution is 5.82. The minimum Gasteiger partial charge on any atom is -0.332 e. The van der Waals surface area contributed by atoms with Gasteiger partial charge in [0.15, 0.2) is 0 Å². The highest BCUT2D eigenvalue weighted by atomic mass is 16.2. The van der Waals surface area contributed by atoms with Gasteiger partial charge in [-0.05, 0) is 19.3 Å². The summed E-state index contributed by atoms with van der Waals surface area (Å²) in [5.74, 6) is 0.212. The van der Waals surface area contributed by atoms with Crippen molar-refractivity contribution in [3.05, 3.63) is 24.8 Å². The van der Waals surface area contributed by atoms with Crippen LogP contribution < -0.4 is 0 Å². The van der Waals surface area contributed by atoms with Crippen LogP contribution in [0, 0.1) is 5.41 Å². The third-order valence-corrected chi connectivity index (χ3v) is 2.86. The van der Waals surface area contributed by atoms with Gasteiger partial charge in [0.25, 0.3) is 0 Å². The highest BCUT2D eigenvalue weighted by Crippen LogP contribution is 2.23. The summed E-state index contributed by atoms with van der Waals surface area (Å²) in [6.45, 7) is 10.3. The molecule has 90 valence electrons. The van der Waals surface area contributed by atoms with Gasteiger partial charge >= 0.3 is 0 Å². The zero-order valence-corrected chi connectivity index (χ0v) is 10.7. The molecule has 0 aromatic heterocycles. The maximum Gasteiger partial charge on any atom is 0.228 e. The number of allylic oxidation sites excluding steroid dienone is 1. The molecular formula is C14H23NO. The summed E-state index contributed by atoms with van der Waals surface area (Å²) in [5.41, 5.74) is -0.311. The average Bonchev–Trinajstić information content (AvgIpc) is 2.25. The third kappa shape index (κ3) is 3.22. The monoisotopic (exact) mass is 221 g/mol. The average molecular weight is 221 g/mol. The predicted molar refractivity (Wildman–Crippen MR) is 68.1 cm³/mol. The van der Waals surface area contributed by atoms with Gasteiger partial charge in [0.2, 0.25) is 5.91 Å². The van der Waals surface area contributed by atoms with Crippen LogP contribution in [0.3, 0.4) is 0 Å². The van der Waals surface area contributed by atoms with Crippen LogP contribution in [0.2, 0.25) is 0 Å². The fourth-order valence-corrected chi connectivity index (χ4v) is 1.99. The predicted octanol–water partition coefficient (Wildman–Crippen LogP) is 3.16. The summed E-state index contributed by atoms with van der Waals surface area (Å²) in [5, 5.41) is 0. The lowest BCUT2D eigenvalue weighted by Crippen LogP contribution is -2.45. The zero-order valence-electron chi connectivity index (χ0n) is 10.7. The van der Waals surface area contributed by atoms with E-state index in [0.29, 0.717) is 6.54 Å². The minimum absolute atomic E-state index is 0.212. The molecule has 1 unspecified atom stereocenters. The summed E-state index contributed by atoms with van der Waals surface area (Å²) in [4.78, 5) is 14.2. The fourth-order valence-electron chi connectivity index (χ4n) is 1.99. The molecule has 0 spiro atoms. The highest BCUT2D eigenvalue weighted by Gasteiger charge is 2.30. The van der Waals surface area contributed by atoms with Crippen LogP contribution in [0.1, 0.15) is 40.0 Å². The first-order chi connectivity index (χ1) is 7.46. The van der Waals surface area contributed by atoms with Gasteiger partial charge in [0, 0.05) is 12.0 Å². The van der Waals surface area contributed by atoms with E-state index in [9.17, 15) is 4.79 Å². The Morgan fingerprint density at radius 1 is 1.56 bits per heavy atom. The van der Waals surface area contributed by atoms with Gasteiger partial charge in [-0.3, -0.25) is 4.79 Å². The Hall–Kier alpha value is -1.05. The summed E-state index contributed by atoms with van der Waals surface area (Å²) >= 11 is 0. The molecule has 1 atom stereocenters. The fraction of sp³-hybridized carbons (Fsp3) is 0.643. The van der Waals surface area contributed by atoms with Crippen molar-refractivity contribution in [2.75, 3.05) is 6.54 Å². The third-order valence-electron chi connectivity index (χ3n) is 2.86. The molecule has 0 saturated heterocycles. The summed E-state index contributed by atoms with van der Waals surface area (Å²) in [6.07, 6.45) is 9.55. The van der Waals surface area contributed by atoms with Gasteiger partial charge in [-0.25, -0.2) is 0 Å². The van der Waals surface area contributed by atoms with Crippen LogP contribution in [-0.2, 0) is 4.79 Å². The van der Waals surface area contributed by atoms with Crippen molar-refractivity contribution in [1.82, 2.24) is 4.90 Å². The number of nitrogens with zero attached hydrogens (tertiary/aromatic N) is 1. The molecule has 0 bridgehead atoms. The molecule has 1 aliphatic rings.